The normalized spacial score (nSPS) is 16.6. The van der Waals surface area contributed by atoms with Crippen LogP contribution in [0.2, 0.25) is 0 Å². The van der Waals surface area contributed by atoms with E-state index in [-0.39, 0.29) is 0 Å². The van der Waals surface area contributed by atoms with Gasteiger partial charge < -0.3 is 14.2 Å². The topological polar surface area (TPSA) is 43.2 Å². The average molecular weight is 268 g/mol. The van der Waals surface area contributed by atoms with Crippen LogP contribution in [0.15, 0.2) is 6.33 Å². The second-order valence-electron chi connectivity index (χ2n) is 3.88. The Morgan fingerprint density at radius 3 is 2.88 bits per heavy atom. The third-order valence-corrected chi connectivity index (χ3v) is 4.40. The number of morpholine rings is 1. The van der Waals surface area contributed by atoms with Crippen LogP contribution in [0.25, 0.3) is 10.3 Å². The molecule has 1 aliphatic heterocycles. The summed E-state index contributed by atoms with van der Waals surface area (Å²) in [6.07, 6.45) is 1.61. The van der Waals surface area contributed by atoms with Crippen LogP contribution in [0.4, 0.5) is 5.82 Å². The molecule has 0 amide bonds. The maximum absolute atomic E-state index is 5.35. The number of thiazole rings is 1. The van der Waals surface area contributed by atoms with Gasteiger partial charge in [-0.15, -0.1) is 0 Å². The fourth-order valence-corrected chi connectivity index (χ4v) is 3.22. The number of rotatable bonds is 1. The highest BCUT2D eigenvalue weighted by Crippen LogP contribution is 2.29. The van der Waals surface area contributed by atoms with Crippen LogP contribution < -0.4 is 4.90 Å². The van der Waals surface area contributed by atoms with Crippen LogP contribution in [0.3, 0.4) is 0 Å². The Bertz CT molecular complexity index is 600. The van der Waals surface area contributed by atoms with Gasteiger partial charge in [0.2, 0.25) is 0 Å². The van der Waals surface area contributed by atoms with Gasteiger partial charge in [-0.05, 0) is 12.2 Å². The second kappa shape index (κ2) is 4.32. The average Bonchev–Trinajstić information content (AvgIpc) is 2.67. The first-order chi connectivity index (χ1) is 8.27. The Morgan fingerprint density at radius 2 is 2.12 bits per heavy atom. The van der Waals surface area contributed by atoms with E-state index in [9.17, 15) is 0 Å². The molecule has 0 radical (unpaired) electrons. The highest BCUT2D eigenvalue weighted by molar-refractivity contribution is 7.73. The van der Waals surface area contributed by atoms with Crippen molar-refractivity contribution in [1.82, 2.24) is 14.5 Å². The van der Waals surface area contributed by atoms with Crippen molar-refractivity contribution in [3.63, 3.8) is 0 Å². The lowest BCUT2D eigenvalue weighted by Gasteiger charge is -2.27. The number of anilines is 1. The van der Waals surface area contributed by atoms with Gasteiger partial charge in [-0.3, -0.25) is 0 Å². The zero-order chi connectivity index (χ0) is 11.8. The molecule has 0 aromatic carbocycles. The second-order valence-corrected chi connectivity index (χ2v) is 5.52. The minimum atomic E-state index is 0.754. The summed E-state index contributed by atoms with van der Waals surface area (Å²) in [6, 6.07) is 0. The van der Waals surface area contributed by atoms with E-state index < -0.39 is 0 Å². The molecule has 1 fully saturated rings. The summed E-state index contributed by atoms with van der Waals surface area (Å²) in [7, 11) is 1.94. The molecule has 17 heavy (non-hydrogen) atoms. The SMILES string of the molecule is Cn1c(=S)sc2c(N3CCOCC3)ncnc21. The molecule has 0 atom stereocenters. The molecule has 0 unspecified atom stereocenters. The molecule has 2 aromatic rings. The van der Waals surface area contributed by atoms with Crippen molar-refractivity contribution < 1.29 is 4.74 Å². The van der Waals surface area contributed by atoms with Gasteiger partial charge in [0, 0.05) is 20.1 Å². The fraction of sp³-hybridized carbons (Fsp3) is 0.500. The van der Waals surface area contributed by atoms with E-state index in [1.807, 2.05) is 11.6 Å². The summed E-state index contributed by atoms with van der Waals surface area (Å²) in [5, 5.41) is 0. The molecule has 1 aliphatic rings. The number of aromatic nitrogens is 3. The number of aryl methyl sites for hydroxylation is 1. The van der Waals surface area contributed by atoms with Gasteiger partial charge >= 0.3 is 0 Å². The van der Waals surface area contributed by atoms with E-state index >= 15 is 0 Å². The molecule has 5 nitrogen and oxygen atoms in total. The number of hydrogen-bond donors (Lipinski definition) is 0. The molecule has 3 heterocycles. The molecule has 0 saturated carbocycles. The number of hydrogen-bond acceptors (Lipinski definition) is 6. The Hall–Kier alpha value is -1.05. The third kappa shape index (κ3) is 1.84. The summed E-state index contributed by atoms with van der Waals surface area (Å²) in [4.78, 5) is 10.9. The Kier molecular flexibility index (Phi) is 2.81. The summed E-state index contributed by atoms with van der Waals surface area (Å²) in [5.41, 5.74) is 0.913. The zero-order valence-electron chi connectivity index (χ0n) is 9.42. The van der Waals surface area contributed by atoms with Gasteiger partial charge in [-0.25, -0.2) is 9.97 Å². The van der Waals surface area contributed by atoms with E-state index in [1.54, 1.807) is 17.7 Å². The van der Waals surface area contributed by atoms with Crippen LogP contribution in [-0.2, 0) is 11.8 Å². The molecule has 90 valence electrons. The van der Waals surface area contributed by atoms with Crippen molar-refractivity contribution in [2.24, 2.45) is 7.05 Å². The minimum absolute atomic E-state index is 0.754. The molecular weight excluding hydrogens is 256 g/mol. The van der Waals surface area contributed by atoms with Crippen LogP contribution in [-0.4, -0.2) is 40.8 Å². The maximum Gasteiger partial charge on any atom is 0.163 e. The Balaban J connectivity index is 2.15. The largest absolute Gasteiger partial charge is 0.378 e. The molecule has 0 N–H and O–H groups in total. The molecule has 7 heteroatoms. The highest BCUT2D eigenvalue weighted by atomic mass is 32.1. The van der Waals surface area contributed by atoms with Crippen molar-refractivity contribution in [2.75, 3.05) is 31.2 Å². The molecule has 0 spiro atoms. The first-order valence-corrected chi connectivity index (χ1v) is 6.63. The van der Waals surface area contributed by atoms with E-state index in [1.165, 1.54) is 0 Å². The molecule has 0 aliphatic carbocycles. The molecular formula is C10H12N4OS2. The van der Waals surface area contributed by atoms with Crippen LogP contribution in [0, 0.1) is 3.95 Å². The standard InChI is InChI=1S/C10H12N4OS2/c1-13-8-7(17-10(13)16)9(12-6-11-8)14-2-4-15-5-3-14/h6H,2-5H2,1H3. The summed E-state index contributed by atoms with van der Waals surface area (Å²) < 4.78 is 9.19. The van der Waals surface area contributed by atoms with Gasteiger partial charge in [0.05, 0.1) is 13.2 Å². The predicted molar refractivity (Wildman–Crippen MR) is 70.3 cm³/mol. The van der Waals surface area contributed by atoms with Crippen molar-refractivity contribution in [1.29, 1.82) is 0 Å². The molecule has 0 bridgehead atoms. The van der Waals surface area contributed by atoms with Gasteiger partial charge in [-0.1, -0.05) is 11.3 Å². The maximum atomic E-state index is 5.35. The quantitative estimate of drug-likeness (QED) is 0.735. The van der Waals surface area contributed by atoms with Crippen LogP contribution in [0.1, 0.15) is 0 Å². The van der Waals surface area contributed by atoms with E-state index in [4.69, 9.17) is 17.0 Å². The van der Waals surface area contributed by atoms with Gasteiger partial charge in [0.1, 0.15) is 11.0 Å². The smallest absolute Gasteiger partial charge is 0.163 e. The summed E-state index contributed by atoms with van der Waals surface area (Å²) in [6.45, 7) is 3.26. The zero-order valence-corrected chi connectivity index (χ0v) is 11.1. The van der Waals surface area contributed by atoms with Crippen molar-refractivity contribution >= 4 is 39.7 Å². The lowest BCUT2D eigenvalue weighted by Crippen LogP contribution is -2.36. The van der Waals surface area contributed by atoms with Gasteiger partial charge in [0.15, 0.2) is 15.4 Å². The first kappa shape index (κ1) is 11.1. The molecule has 1 saturated heterocycles. The van der Waals surface area contributed by atoms with E-state index in [0.29, 0.717) is 0 Å². The Labute approximate surface area is 108 Å². The van der Waals surface area contributed by atoms with Crippen molar-refractivity contribution in [3.8, 4) is 0 Å². The monoisotopic (exact) mass is 268 g/mol. The van der Waals surface area contributed by atoms with Crippen molar-refractivity contribution in [2.45, 2.75) is 0 Å². The van der Waals surface area contributed by atoms with Crippen molar-refractivity contribution in [3.05, 3.63) is 10.3 Å². The Morgan fingerprint density at radius 1 is 1.35 bits per heavy atom. The summed E-state index contributed by atoms with van der Waals surface area (Å²) in [5.74, 6) is 0.981. The molecule has 3 rings (SSSR count). The van der Waals surface area contributed by atoms with Gasteiger partial charge in [0.25, 0.3) is 0 Å². The first-order valence-electron chi connectivity index (χ1n) is 5.40. The van der Waals surface area contributed by atoms with E-state index in [2.05, 4.69) is 14.9 Å². The third-order valence-electron chi connectivity index (χ3n) is 2.86. The van der Waals surface area contributed by atoms with Gasteiger partial charge in [-0.2, -0.15) is 0 Å². The molecule has 2 aromatic heterocycles. The lowest BCUT2D eigenvalue weighted by atomic mass is 10.4. The lowest BCUT2D eigenvalue weighted by molar-refractivity contribution is 0.122. The van der Waals surface area contributed by atoms with E-state index in [0.717, 1.165) is 46.4 Å². The minimum Gasteiger partial charge on any atom is -0.378 e. The fourth-order valence-electron chi connectivity index (χ4n) is 1.93. The number of ether oxygens (including phenoxy) is 1. The predicted octanol–water partition coefficient (Wildman–Crippen LogP) is 1.60. The summed E-state index contributed by atoms with van der Waals surface area (Å²) >= 11 is 6.86. The number of nitrogens with zero attached hydrogens (tertiary/aromatic N) is 4. The van der Waals surface area contributed by atoms with Crippen LogP contribution in [0.5, 0.6) is 0 Å². The van der Waals surface area contributed by atoms with Crippen LogP contribution >= 0.6 is 23.6 Å². The number of fused-ring (bicyclic) bond motifs is 1. The highest BCUT2D eigenvalue weighted by Gasteiger charge is 2.17.